The first kappa shape index (κ1) is 15.8. The molecule has 21 heavy (non-hydrogen) atoms. The summed E-state index contributed by atoms with van der Waals surface area (Å²) in [5.41, 5.74) is 2.33. The van der Waals surface area contributed by atoms with Crippen LogP contribution in [-0.4, -0.2) is 21.0 Å². The highest BCUT2D eigenvalue weighted by atomic mass is 16.3. The van der Waals surface area contributed by atoms with Gasteiger partial charge in [-0.25, -0.2) is 0 Å². The van der Waals surface area contributed by atoms with E-state index >= 15 is 0 Å². The van der Waals surface area contributed by atoms with E-state index in [1.165, 1.54) is 5.56 Å². The largest absolute Gasteiger partial charge is 0.393 e. The van der Waals surface area contributed by atoms with Crippen molar-refractivity contribution < 1.29 is 5.11 Å². The van der Waals surface area contributed by atoms with Crippen LogP contribution in [0.1, 0.15) is 50.4 Å². The summed E-state index contributed by atoms with van der Waals surface area (Å²) in [5.74, 6) is 0. The Morgan fingerprint density at radius 1 is 1.19 bits per heavy atom. The number of aliphatic hydroxyl groups is 1. The van der Waals surface area contributed by atoms with Crippen LogP contribution in [0.4, 0.5) is 0 Å². The first-order valence-electron chi connectivity index (χ1n) is 7.95. The van der Waals surface area contributed by atoms with Crippen molar-refractivity contribution in [2.45, 2.75) is 58.1 Å². The number of hydrogen-bond donors (Lipinski definition) is 1. The second-order valence-electron chi connectivity index (χ2n) is 5.78. The van der Waals surface area contributed by atoms with Gasteiger partial charge in [-0.15, -0.1) is 0 Å². The first-order chi connectivity index (χ1) is 10.2. The number of hydrogen-bond acceptors (Lipinski definition) is 2. The predicted octanol–water partition coefficient (Wildman–Crippen LogP) is 3.78. The summed E-state index contributed by atoms with van der Waals surface area (Å²) >= 11 is 0. The molecule has 1 aromatic heterocycles. The van der Waals surface area contributed by atoms with Crippen molar-refractivity contribution in [2.24, 2.45) is 0 Å². The molecule has 3 nitrogen and oxygen atoms in total. The zero-order valence-electron chi connectivity index (χ0n) is 13.1. The number of nitrogens with zero attached hydrogens (tertiary/aromatic N) is 2. The van der Waals surface area contributed by atoms with Crippen molar-refractivity contribution in [3.63, 3.8) is 0 Å². The molecule has 114 valence electrons. The van der Waals surface area contributed by atoms with Crippen molar-refractivity contribution in [2.75, 3.05) is 0 Å². The molecule has 0 aliphatic carbocycles. The molecule has 2 rings (SSSR count). The average Bonchev–Trinajstić information content (AvgIpc) is 2.96. The van der Waals surface area contributed by atoms with Gasteiger partial charge in [-0.1, -0.05) is 37.3 Å². The summed E-state index contributed by atoms with van der Waals surface area (Å²) in [6, 6.07) is 12.9. The molecular weight excluding hydrogens is 260 g/mol. The SMILES string of the molecule is CCC(C)n1ccc(CC(O)CCCc2ccccc2)n1. The topological polar surface area (TPSA) is 38.0 Å². The van der Waals surface area contributed by atoms with E-state index < -0.39 is 0 Å². The van der Waals surface area contributed by atoms with Gasteiger partial charge in [0.15, 0.2) is 0 Å². The zero-order chi connectivity index (χ0) is 15.1. The van der Waals surface area contributed by atoms with Crippen LogP contribution in [0.15, 0.2) is 42.6 Å². The zero-order valence-corrected chi connectivity index (χ0v) is 13.1. The van der Waals surface area contributed by atoms with Gasteiger partial charge in [0.05, 0.1) is 11.8 Å². The minimum atomic E-state index is -0.297. The van der Waals surface area contributed by atoms with Crippen molar-refractivity contribution in [3.05, 3.63) is 53.9 Å². The molecular formula is C18H26N2O. The third kappa shape index (κ3) is 5.01. The molecule has 0 radical (unpaired) electrons. The third-order valence-corrected chi connectivity index (χ3v) is 4.00. The summed E-state index contributed by atoms with van der Waals surface area (Å²) < 4.78 is 1.99. The Bertz CT molecular complexity index is 521. The maximum absolute atomic E-state index is 10.1. The van der Waals surface area contributed by atoms with E-state index in [0.29, 0.717) is 12.5 Å². The van der Waals surface area contributed by atoms with Gasteiger partial charge in [0.25, 0.3) is 0 Å². The summed E-state index contributed by atoms with van der Waals surface area (Å²) in [4.78, 5) is 0. The van der Waals surface area contributed by atoms with Gasteiger partial charge in [0.1, 0.15) is 0 Å². The summed E-state index contributed by atoms with van der Waals surface area (Å²) in [7, 11) is 0. The normalized spacial score (nSPS) is 14.0. The molecule has 2 unspecified atom stereocenters. The molecule has 1 heterocycles. The number of aryl methyl sites for hydroxylation is 1. The molecule has 3 heteroatoms. The van der Waals surface area contributed by atoms with Gasteiger partial charge in [-0.3, -0.25) is 4.68 Å². The van der Waals surface area contributed by atoms with Crippen LogP contribution >= 0.6 is 0 Å². The summed E-state index contributed by atoms with van der Waals surface area (Å²) in [6.07, 6.45) is 6.30. The van der Waals surface area contributed by atoms with Crippen LogP contribution in [0.5, 0.6) is 0 Å². The van der Waals surface area contributed by atoms with Crippen LogP contribution in [0.25, 0.3) is 0 Å². The minimum absolute atomic E-state index is 0.297. The molecule has 0 amide bonds. The van der Waals surface area contributed by atoms with Gasteiger partial charge < -0.3 is 5.11 Å². The molecule has 0 saturated carbocycles. The lowest BCUT2D eigenvalue weighted by Gasteiger charge is -2.10. The fourth-order valence-electron chi connectivity index (χ4n) is 2.45. The van der Waals surface area contributed by atoms with E-state index in [2.05, 4.69) is 43.2 Å². The molecule has 0 aliphatic heterocycles. The Balaban J connectivity index is 1.74. The van der Waals surface area contributed by atoms with Crippen LogP contribution in [0.3, 0.4) is 0 Å². The number of benzene rings is 1. The van der Waals surface area contributed by atoms with Crippen molar-refractivity contribution in [1.29, 1.82) is 0 Å². The molecule has 0 fully saturated rings. The molecule has 0 spiro atoms. The summed E-state index contributed by atoms with van der Waals surface area (Å²) in [5, 5.41) is 14.7. The smallest absolute Gasteiger partial charge is 0.0650 e. The van der Waals surface area contributed by atoms with Crippen LogP contribution < -0.4 is 0 Å². The van der Waals surface area contributed by atoms with Gasteiger partial charge in [-0.05, 0) is 44.2 Å². The maximum Gasteiger partial charge on any atom is 0.0650 e. The van der Waals surface area contributed by atoms with Crippen molar-refractivity contribution in [3.8, 4) is 0 Å². The van der Waals surface area contributed by atoms with Crippen molar-refractivity contribution in [1.82, 2.24) is 9.78 Å². The quantitative estimate of drug-likeness (QED) is 0.802. The molecule has 0 saturated heterocycles. The standard InChI is InChI=1S/C18H26N2O/c1-3-15(2)20-13-12-17(19-20)14-18(21)11-7-10-16-8-5-4-6-9-16/h4-6,8-9,12-13,15,18,21H,3,7,10-11,14H2,1-2H3. The molecule has 2 atom stereocenters. The lowest BCUT2D eigenvalue weighted by Crippen LogP contribution is -2.12. The number of rotatable bonds is 8. The Kier molecular flexibility index (Phi) is 6.00. The Labute approximate surface area is 127 Å². The highest BCUT2D eigenvalue weighted by molar-refractivity contribution is 5.14. The first-order valence-corrected chi connectivity index (χ1v) is 7.95. The monoisotopic (exact) mass is 286 g/mol. The minimum Gasteiger partial charge on any atom is -0.393 e. The Morgan fingerprint density at radius 3 is 2.67 bits per heavy atom. The maximum atomic E-state index is 10.1. The van der Waals surface area contributed by atoms with E-state index in [4.69, 9.17) is 0 Å². The van der Waals surface area contributed by atoms with Gasteiger partial charge in [0, 0.05) is 18.7 Å². The lowest BCUT2D eigenvalue weighted by molar-refractivity contribution is 0.160. The van der Waals surface area contributed by atoms with Gasteiger partial charge in [0.2, 0.25) is 0 Å². The van der Waals surface area contributed by atoms with E-state index in [1.54, 1.807) is 0 Å². The molecule has 0 bridgehead atoms. The van der Waals surface area contributed by atoms with Crippen LogP contribution in [-0.2, 0) is 12.8 Å². The second-order valence-corrected chi connectivity index (χ2v) is 5.78. The van der Waals surface area contributed by atoms with E-state index in [-0.39, 0.29) is 6.10 Å². The number of aliphatic hydroxyl groups excluding tert-OH is 1. The van der Waals surface area contributed by atoms with E-state index in [9.17, 15) is 5.11 Å². The molecule has 1 N–H and O–H groups in total. The van der Waals surface area contributed by atoms with E-state index in [1.807, 2.05) is 23.0 Å². The highest BCUT2D eigenvalue weighted by Gasteiger charge is 2.10. The highest BCUT2D eigenvalue weighted by Crippen LogP contribution is 2.12. The number of aromatic nitrogens is 2. The molecule has 0 aliphatic rings. The second kappa shape index (κ2) is 7.99. The summed E-state index contributed by atoms with van der Waals surface area (Å²) in [6.45, 7) is 4.32. The lowest BCUT2D eigenvalue weighted by atomic mass is 10.0. The van der Waals surface area contributed by atoms with Crippen molar-refractivity contribution >= 4 is 0 Å². The fourth-order valence-corrected chi connectivity index (χ4v) is 2.45. The molecule has 2 aromatic rings. The average molecular weight is 286 g/mol. The molecule has 1 aromatic carbocycles. The van der Waals surface area contributed by atoms with E-state index in [0.717, 1.165) is 31.4 Å². The fraction of sp³-hybridized carbons (Fsp3) is 0.500. The van der Waals surface area contributed by atoms with Crippen LogP contribution in [0, 0.1) is 0 Å². The van der Waals surface area contributed by atoms with Gasteiger partial charge in [-0.2, -0.15) is 5.10 Å². The van der Waals surface area contributed by atoms with Crippen LogP contribution in [0.2, 0.25) is 0 Å². The Hall–Kier alpha value is -1.61. The Morgan fingerprint density at radius 2 is 1.95 bits per heavy atom. The predicted molar refractivity (Wildman–Crippen MR) is 86.3 cm³/mol. The third-order valence-electron chi connectivity index (χ3n) is 4.00. The van der Waals surface area contributed by atoms with Gasteiger partial charge >= 0.3 is 0 Å².